The fraction of sp³-hybridized carbons (Fsp3) is 0.353. The summed E-state index contributed by atoms with van der Waals surface area (Å²) in [6, 6.07) is 8.39. The highest BCUT2D eigenvalue weighted by Gasteiger charge is 2.31. The molecule has 118 valence electrons. The lowest BCUT2D eigenvalue weighted by Gasteiger charge is -2.37. The fourth-order valence-corrected chi connectivity index (χ4v) is 3.67. The molecular formula is C17H17N3O3. The third kappa shape index (κ3) is 2.45. The number of aromatic carboxylic acids is 1. The Morgan fingerprint density at radius 2 is 2.17 bits per heavy atom. The average Bonchev–Trinajstić information content (AvgIpc) is 2.56. The number of nitrogens with one attached hydrogen (secondary N) is 1. The SMILES string of the molecule is O=C(O)c1cccc(-c2cc3n(c(=O)c2)C[C@@H]2CNC[C@H]3C2)n1. The molecule has 0 aromatic carbocycles. The van der Waals surface area contributed by atoms with E-state index in [0.29, 0.717) is 23.1 Å². The number of carboxylic acid groups (broad SMARTS) is 1. The van der Waals surface area contributed by atoms with E-state index in [0.717, 1.165) is 31.7 Å². The smallest absolute Gasteiger partial charge is 0.354 e. The van der Waals surface area contributed by atoms with Crippen molar-refractivity contribution in [1.82, 2.24) is 14.9 Å². The molecule has 1 fully saturated rings. The standard InChI is InChI=1S/C17H17N3O3/c21-16-6-11(13-2-1-3-14(19-13)17(22)23)5-15-12-4-10(7-18-8-12)9-20(15)16/h1-3,5-6,10,12,18H,4,7-9H2,(H,22,23)/t10-,12+/m0/s1. The van der Waals surface area contributed by atoms with E-state index in [1.54, 1.807) is 18.2 Å². The van der Waals surface area contributed by atoms with Gasteiger partial charge in [0.2, 0.25) is 0 Å². The maximum atomic E-state index is 12.5. The summed E-state index contributed by atoms with van der Waals surface area (Å²) in [4.78, 5) is 27.7. The summed E-state index contributed by atoms with van der Waals surface area (Å²) < 4.78 is 1.87. The van der Waals surface area contributed by atoms with E-state index in [1.165, 1.54) is 6.07 Å². The number of fused-ring (bicyclic) bond motifs is 4. The number of carboxylic acids is 1. The molecule has 0 aliphatic carbocycles. The predicted molar refractivity (Wildman–Crippen MR) is 84.6 cm³/mol. The van der Waals surface area contributed by atoms with Crippen LogP contribution in [0.5, 0.6) is 0 Å². The van der Waals surface area contributed by atoms with Crippen molar-refractivity contribution in [3.05, 3.63) is 52.1 Å². The minimum atomic E-state index is -1.07. The summed E-state index contributed by atoms with van der Waals surface area (Å²) in [5.74, 6) is -0.225. The Kier molecular flexibility index (Phi) is 3.27. The minimum Gasteiger partial charge on any atom is -0.477 e. The number of aromatic nitrogens is 2. The van der Waals surface area contributed by atoms with Gasteiger partial charge < -0.3 is 15.0 Å². The van der Waals surface area contributed by atoms with Crippen LogP contribution in [-0.2, 0) is 6.54 Å². The van der Waals surface area contributed by atoms with Gasteiger partial charge in [-0.1, -0.05) is 6.07 Å². The van der Waals surface area contributed by atoms with Gasteiger partial charge in [0.05, 0.1) is 5.69 Å². The number of pyridine rings is 2. The summed E-state index contributed by atoms with van der Waals surface area (Å²) in [6.07, 6.45) is 1.10. The van der Waals surface area contributed by atoms with Gasteiger partial charge in [-0.3, -0.25) is 4.79 Å². The Morgan fingerprint density at radius 3 is 3.00 bits per heavy atom. The van der Waals surface area contributed by atoms with Crippen LogP contribution in [0.3, 0.4) is 0 Å². The quantitative estimate of drug-likeness (QED) is 0.874. The molecule has 0 saturated carbocycles. The summed E-state index contributed by atoms with van der Waals surface area (Å²) in [5.41, 5.74) is 2.19. The summed E-state index contributed by atoms with van der Waals surface area (Å²) in [5, 5.41) is 12.5. The first kappa shape index (κ1) is 14.1. The first-order valence-corrected chi connectivity index (χ1v) is 7.78. The molecule has 1 saturated heterocycles. The molecule has 4 rings (SSSR count). The first-order valence-electron chi connectivity index (χ1n) is 7.78. The van der Waals surface area contributed by atoms with Crippen LogP contribution in [0, 0.1) is 5.92 Å². The highest BCUT2D eigenvalue weighted by molar-refractivity contribution is 5.86. The van der Waals surface area contributed by atoms with Gasteiger partial charge in [-0.15, -0.1) is 0 Å². The van der Waals surface area contributed by atoms with Crippen LogP contribution in [0.1, 0.15) is 28.5 Å². The Labute approximate surface area is 132 Å². The Bertz CT molecular complexity index is 843. The zero-order valence-electron chi connectivity index (χ0n) is 12.5. The molecule has 2 aliphatic rings. The minimum absolute atomic E-state index is 0.0141. The molecule has 6 nitrogen and oxygen atoms in total. The number of piperidine rings is 1. The van der Waals surface area contributed by atoms with Crippen LogP contribution in [0.25, 0.3) is 11.3 Å². The molecule has 6 heteroatoms. The molecule has 2 N–H and O–H groups in total. The van der Waals surface area contributed by atoms with E-state index in [4.69, 9.17) is 5.11 Å². The number of rotatable bonds is 2. The molecule has 23 heavy (non-hydrogen) atoms. The van der Waals surface area contributed by atoms with E-state index in [-0.39, 0.29) is 11.3 Å². The number of hydrogen-bond donors (Lipinski definition) is 2. The lowest BCUT2D eigenvalue weighted by molar-refractivity contribution is 0.0690. The van der Waals surface area contributed by atoms with Gasteiger partial charge in [0.15, 0.2) is 0 Å². The topological polar surface area (TPSA) is 84.2 Å². The molecule has 0 spiro atoms. The van der Waals surface area contributed by atoms with Crippen LogP contribution < -0.4 is 10.9 Å². The van der Waals surface area contributed by atoms with Crippen LogP contribution in [0.2, 0.25) is 0 Å². The lowest BCUT2D eigenvalue weighted by Crippen LogP contribution is -2.44. The summed E-state index contributed by atoms with van der Waals surface area (Å²) in [7, 11) is 0. The van der Waals surface area contributed by atoms with Crippen LogP contribution in [-0.4, -0.2) is 33.7 Å². The second-order valence-electron chi connectivity index (χ2n) is 6.29. The molecule has 0 amide bonds. The van der Waals surface area contributed by atoms with Gasteiger partial charge in [-0.25, -0.2) is 9.78 Å². The average molecular weight is 311 g/mol. The third-order valence-electron chi connectivity index (χ3n) is 4.72. The summed E-state index contributed by atoms with van der Waals surface area (Å²) >= 11 is 0. The van der Waals surface area contributed by atoms with E-state index in [1.807, 2.05) is 10.6 Å². The molecule has 0 radical (unpaired) electrons. The van der Waals surface area contributed by atoms with Crippen molar-refractivity contribution >= 4 is 5.97 Å². The molecule has 2 bridgehead atoms. The van der Waals surface area contributed by atoms with Crippen molar-refractivity contribution in [2.24, 2.45) is 5.92 Å². The first-order chi connectivity index (χ1) is 11.1. The van der Waals surface area contributed by atoms with Crippen molar-refractivity contribution in [3.8, 4) is 11.3 Å². The predicted octanol–water partition coefficient (Wildman–Crippen LogP) is 1.32. The number of hydrogen-bond acceptors (Lipinski definition) is 4. The lowest BCUT2D eigenvalue weighted by atomic mass is 9.83. The van der Waals surface area contributed by atoms with E-state index in [2.05, 4.69) is 10.3 Å². The van der Waals surface area contributed by atoms with Gasteiger partial charge in [-0.05, 0) is 37.1 Å². The van der Waals surface area contributed by atoms with Crippen molar-refractivity contribution in [1.29, 1.82) is 0 Å². The van der Waals surface area contributed by atoms with Crippen LogP contribution in [0.4, 0.5) is 0 Å². The third-order valence-corrected chi connectivity index (χ3v) is 4.72. The molecule has 2 aliphatic heterocycles. The van der Waals surface area contributed by atoms with Gasteiger partial charge in [0.25, 0.3) is 5.56 Å². The Morgan fingerprint density at radius 1 is 1.30 bits per heavy atom. The van der Waals surface area contributed by atoms with Gasteiger partial charge in [0.1, 0.15) is 5.69 Å². The second-order valence-corrected chi connectivity index (χ2v) is 6.29. The zero-order valence-corrected chi connectivity index (χ0v) is 12.5. The maximum Gasteiger partial charge on any atom is 0.354 e. The number of carbonyl (C=O) groups is 1. The summed E-state index contributed by atoms with van der Waals surface area (Å²) in [6.45, 7) is 2.59. The van der Waals surface area contributed by atoms with E-state index >= 15 is 0 Å². The van der Waals surface area contributed by atoms with Gasteiger partial charge >= 0.3 is 5.97 Å². The number of nitrogens with zero attached hydrogens (tertiary/aromatic N) is 2. The Balaban J connectivity index is 1.82. The molecule has 2 aromatic heterocycles. The fourth-order valence-electron chi connectivity index (χ4n) is 3.67. The zero-order chi connectivity index (χ0) is 16.0. The van der Waals surface area contributed by atoms with Crippen molar-refractivity contribution < 1.29 is 9.90 Å². The van der Waals surface area contributed by atoms with E-state index in [9.17, 15) is 9.59 Å². The monoisotopic (exact) mass is 311 g/mol. The normalized spacial score (nSPS) is 22.4. The highest BCUT2D eigenvalue weighted by Crippen LogP contribution is 2.33. The molecular weight excluding hydrogens is 294 g/mol. The molecule has 0 unspecified atom stereocenters. The Hall–Kier alpha value is -2.47. The second kappa shape index (κ2) is 5.31. The molecule has 2 aromatic rings. The molecule has 2 atom stereocenters. The van der Waals surface area contributed by atoms with Crippen molar-refractivity contribution in [2.75, 3.05) is 13.1 Å². The van der Waals surface area contributed by atoms with Crippen LogP contribution in [0.15, 0.2) is 35.1 Å². The van der Waals surface area contributed by atoms with E-state index < -0.39 is 5.97 Å². The maximum absolute atomic E-state index is 12.5. The highest BCUT2D eigenvalue weighted by atomic mass is 16.4. The van der Waals surface area contributed by atoms with Gasteiger partial charge in [-0.2, -0.15) is 0 Å². The molecule has 4 heterocycles. The van der Waals surface area contributed by atoms with Crippen LogP contribution >= 0.6 is 0 Å². The van der Waals surface area contributed by atoms with Crippen molar-refractivity contribution in [3.63, 3.8) is 0 Å². The van der Waals surface area contributed by atoms with Crippen molar-refractivity contribution in [2.45, 2.75) is 18.9 Å². The largest absolute Gasteiger partial charge is 0.477 e. The van der Waals surface area contributed by atoms with Gasteiger partial charge in [0, 0.05) is 36.3 Å².